The number of carbonyl (C=O) groups is 2. The third-order valence-electron chi connectivity index (χ3n) is 9.96. The van der Waals surface area contributed by atoms with Crippen LogP contribution in [0.3, 0.4) is 0 Å². The number of hydrogen-bond acceptors (Lipinski definition) is 6. The molecule has 0 spiro atoms. The van der Waals surface area contributed by atoms with Crippen LogP contribution >= 0.6 is 0 Å². The van der Waals surface area contributed by atoms with Crippen LogP contribution in [0.4, 0.5) is 4.79 Å². The van der Waals surface area contributed by atoms with E-state index < -0.39 is 5.97 Å². The molecule has 1 N–H and O–H groups in total. The van der Waals surface area contributed by atoms with Gasteiger partial charge in [-0.1, -0.05) is 44.2 Å². The van der Waals surface area contributed by atoms with Gasteiger partial charge in [-0.2, -0.15) is 5.10 Å². The summed E-state index contributed by atoms with van der Waals surface area (Å²) in [4.78, 5) is 31.1. The molecule has 7 rings (SSSR count). The maximum absolute atomic E-state index is 12.5. The van der Waals surface area contributed by atoms with Gasteiger partial charge in [0.25, 0.3) is 0 Å². The Morgan fingerprint density at radius 3 is 2.51 bits per heavy atom. The zero-order valence-electron chi connectivity index (χ0n) is 27.2. The molecule has 2 aromatic heterocycles. The lowest BCUT2D eigenvalue weighted by atomic mass is 9.86. The maximum Gasteiger partial charge on any atom is 0.409 e. The van der Waals surface area contributed by atoms with Gasteiger partial charge in [0.1, 0.15) is 17.4 Å². The summed E-state index contributed by atoms with van der Waals surface area (Å²) in [6.07, 6.45) is 8.60. The molecule has 1 aliphatic heterocycles. The molecule has 3 aliphatic rings. The Morgan fingerprint density at radius 2 is 1.77 bits per heavy atom. The number of ether oxygens (including phenoxy) is 2. The van der Waals surface area contributed by atoms with E-state index in [4.69, 9.17) is 14.5 Å². The van der Waals surface area contributed by atoms with Gasteiger partial charge in [0.2, 0.25) is 0 Å². The van der Waals surface area contributed by atoms with Crippen molar-refractivity contribution < 1.29 is 24.2 Å². The van der Waals surface area contributed by atoms with Crippen molar-refractivity contribution in [3.63, 3.8) is 0 Å². The largest absolute Gasteiger partial charge is 0.486 e. The second-order valence-corrected chi connectivity index (χ2v) is 13.0. The van der Waals surface area contributed by atoms with Crippen LogP contribution in [-0.4, -0.2) is 56.5 Å². The van der Waals surface area contributed by atoms with E-state index in [0.717, 1.165) is 67.8 Å². The second kappa shape index (κ2) is 13.2. The molecule has 9 nitrogen and oxygen atoms in total. The molecule has 244 valence electrons. The van der Waals surface area contributed by atoms with Gasteiger partial charge in [-0.3, -0.25) is 0 Å². The Balaban J connectivity index is 1.09. The smallest absolute Gasteiger partial charge is 0.409 e. The highest BCUT2D eigenvalue weighted by molar-refractivity contribution is 5.88. The predicted molar refractivity (Wildman–Crippen MR) is 178 cm³/mol. The fourth-order valence-corrected chi connectivity index (χ4v) is 7.23. The number of aromatic nitrogens is 3. The number of hydrogen-bond donors (Lipinski definition) is 1. The molecule has 2 fully saturated rings. The van der Waals surface area contributed by atoms with Crippen LogP contribution in [-0.2, 0) is 24.0 Å². The van der Waals surface area contributed by atoms with Crippen molar-refractivity contribution >= 4 is 12.1 Å². The maximum atomic E-state index is 12.5. The number of nitrogens with zero attached hydrogens (tertiary/aromatic N) is 4. The van der Waals surface area contributed by atoms with Crippen LogP contribution in [0, 0.1) is 5.92 Å². The van der Waals surface area contributed by atoms with E-state index in [2.05, 4.69) is 48.4 Å². The summed E-state index contributed by atoms with van der Waals surface area (Å²) >= 11 is 0. The van der Waals surface area contributed by atoms with Crippen LogP contribution in [0.2, 0.25) is 0 Å². The number of likely N-dealkylation sites (tertiary alicyclic amines) is 1. The normalized spacial score (nSPS) is 17.8. The van der Waals surface area contributed by atoms with E-state index >= 15 is 0 Å². The third-order valence-corrected chi connectivity index (χ3v) is 9.96. The Kier molecular flexibility index (Phi) is 8.71. The number of fused-ring (bicyclic) bond motifs is 1. The molecular weight excluding hydrogens is 592 g/mol. The molecule has 3 heterocycles. The first-order valence-electron chi connectivity index (χ1n) is 17.0. The molecule has 1 saturated heterocycles. The number of carboxylic acids is 1. The van der Waals surface area contributed by atoms with Gasteiger partial charge in [0, 0.05) is 24.2 Å². The van der Waals surface area contributed by atoms with Gasteiger partial charge in [-0.05, 0) is 104 Å². The Hall–Kier alpha value is -4.66. The average molecular weight is 635 g/mol. The van der Waals surface area contributed by atoms with Crippen molar-refractivity contribution in [2.45, 2.75) is 77.2 Å². The van der Waals surface area contributed by atoms with E-state index in [1.807, 2.05) is 30.0 Å². The van der Waals surface area contributed by atoms with Gasteiger partial charge >= 0.3 is 12.1 Å². The molecule has 2 aromatic carbocycles. The summed E-state index contributed by atoms with van der Waals surface area (Å²) < 4.78 is 13.9. The van der Waals surface area contributed by atoms with Gasteiger partial charge in [-0.25, -0.2) is 19.3 Å². The highest BCUT2D eigenvalue weighted by Crippen LogP contribution is 2.42. The van der Waals surface area contributed by atoms with Crippen LogP contribution in [0.5, 0.6) is 5.75 Å². The van der Waals surface area contributed by atoms with Crippen molar-refractivity contribution in [1.82, 2.24) is 19.7 Å². The number of benzene rings is 2. The lowest BCUT2D eigenvalue weighted by molar-refractivity contribution is 0.0695. The average Bonchev–Trinajstić information content (AvgIpc) is 3.69. The summed E-state index contributed by atoms with van der Waals surface area (Å²) in [5.41, 5.74) is 7.70. The Bertz CT molecular complexity index is 1790. The first-order chi connectivity index (χ1) is 22.9. The molecule has 47 heavy (non-hydrogen) atoms. The standard InChI is InChI=1S/C38H42N4O5/c1-3-25-21-28(14-15-29(25)26-17-19-41(20-18-26)38(45)46-23-24-11-12-24)47-34-16-13-27-7-5-8-30(36(27)34)32-9-6-10-35(40-32)42-33(4-2)31(22-39-42)37(43)44/h5-10,14-15,21-22,24,26,34H,3-4,11-13,16-20,23H2,1-2H3,(H,43,44). The molecule has 0 radical (unpaired) electrons. The number of amides is 1. The van der Waals surface area contributed by atoms with Gasteiger partial charge in [-0.15, -0.1) is 0 Å². The molecule has 0 bridgehead atoms. The topological polar surface area (TPSA) is 107 Å². The first kappa shape index (κ1) is 31.0. The molecule has 1 amide bonds. The molecule has 1 atom stereocenters. The summed E-state index contributed by atoms with van der Waals surface area (Å²) in [5, 5.41) is 14.0. The van der Waals surface area contributed by atoms with Gasteiger partial charge in [0.05, 0.1) is 24.2 Å². The first-order valence-corrected chi connectivity index (χ1v) is 17.0. The zero-order chi connectivity index (χ0) is 32.5. The van der Waals surface area contributed by atoms with E-state index in [9.17, 15) is 14.7 Å². The van der Waals surface area contributed by atoms with Crippen molar-refractivity contribution in [3.05, 3.63) is 94.3 Å². The number of pyridine rings is 1. The Morgan fingerprint density at radius 1 is 0.957 bits per heavy atom. The van der Waals surface area contributed by atoms with Crippen LogP contribution < -0.4 is 4.74 Å². The van der Waals surface area contributed by atoms with Crippen molar-refractivity contribution in [2.24, 2.45) is 5.92 Å². The quantitative estimate of drug-likeness (QED) is 0.192. The molecule has 4 aromatic rings. The molecule has 9 heteroatoms. The Labute approximate surface area is 275 Å². The molecule has 1 unspecified atom stereocenters. The zero-order valence-corrected chi connectivity index (χ0v) is 27.2. The number of piperidine rings is 1. The van der Waals surface area contributed by atoms with Crippen molar-refractivity contribution in [1.29, 1.82) is 0 Å². The number of aromatic carboxylic acids is 1. The van der Waals surface area contributed by atoms with E-state index in [-0.39, 0.29) is 17.8 Å². The lowest BCUT2D eigenvalue weighted by Crippen LogP contribution is -2.38. The number of aryl methyl sites for hydroxylation is 2. The summed E-state index contributed by atoms with van der Waals surface area (Å²) in [6.45, 7) is 6.14. The molecule has 2 aliphatic carbocycles. The van der Waals surface area contributed by atoms with Crippen LogP contribution in [0.1, 0.15) is 96.3 Å². The molecular formula is C38H42N4O5. The fourth-order valence-electron chi connectivity index (χ4n) is 7.23. The lowest BCUT2D eigenvalue weighted by Gasteiger charge is -2.32. The number of carboxylic acid groups (broad SMARTS) is 1. The minimum absolute atomic E-state index is 0.110. The summed E-state index contributed by atoms with van der Waals surface area (Å²) in [6, 6.07) is 18.7. The fraction of sp³-hybridized carbons (Fsp3) is 0.421. The van der Waals surface area contributed by atoms with Crippen molar-refractivity contribution in [2.75, 3.05) is 19.7 Å². The minimum Gasteiger partial charge on any atom is -0.486 e. The van der Waals surface area contributed by atoms with Crippen molar-refractivity contribution in [3.8, 4) is 22.8 Å². The third kappa shape index (κ3) is 6.35. The highest BCUT2D eigenvalue weighted by atomic mass is 16.6. The SMILES string of the molecule is CCc1cc(OC2CCc3cccc(-c4cccc(-n5ncc(C(=O)O)c5CC)n4)c32)ccc1C1CCN(C(=O)OCC2CC2)CC1. The number of carbonyl (C=O) groups excluding carboxylic acids is 1. The summed E-state index contributed by atoms with van der Waals surface area (Å²) in [5.74, 6) is 1.46. The summed E-state index contributed by atoms with van der Waals surface area (Å²) in [7, 11) is 0. The van der Waals surface area contributed by atoms with Gasteiger partial charge < -0.3 is 19.5 Å². The predicted octanol–water partition coefficient (Wildman–Crippen LogP) is 7.55. The highest BCUT2D eigenvalue weighted by Gasteiger charge is 2.30. The van der Waals surface area contributed by atoms with Crippen LogP contribution in [0.25, 0.3) is 17.1 Å². The minimum atomic E-state index is -0.990. The van der Waals surface area contributed by atoms with Gasteiger partial charge in [0.15, 0.2) is 5.82 Å². The van der Waals surface area contributed by atoms with E-state index in [1.54, 1.807) is 4.68 Å². The van der Waals surface area contributed by atoms with Crippen LogP contribution in [0.15, 0.2) is 60.8 Å². The second-order valence-electron chi connectivity index (χ2n) is 13.0. The number of rotatable bonds is 10. The molecule has 1 saturated carbocycles. The van der Waals surface area contributed by atoms with E-state index in [1.165, 1.54) is 35.7 Å². The van der Waals surface area contributed by atoms with E-state index in [0.29, 0.717) is 36.4 Å². The monoisotopic (exact) mass is 634 g/mol.